The van der Waals surface area contributed by atoms with Crippen molar-refractivity contribution in [2.75, 3.05) is 27.3 Å². The fourth-order valence-corrected chi connectivity index (χ4v) is 1.85. The van der Waals surface area contributed by atoms with E-state index in [1.165, 1.54) is 7.11 Å². The lowest BCUT2D eigenvalue weighted by Crippen LogP contribution is -2.23. The molecular weight excluding hydrogens is 270 g/mol. The van der Waals surface area contributed by atoms with Crippen molar-refractivity contribution >= 4 is 5.97 Å². The molecule has 0 aliphatic heterocycles. The summed E-state index contributed by atoms with van der Waals surface area (Å²) < 4.78 is 15.6. The molecule has 0 radical (unpaired) electrons. The third kappa shape index (κ3) is 4.65. The van der Waals surface area contributed by atoms with E-state index in [4.69, 9.17) is 9.15 Å². The molecule has 0 spiro atoms. The molecule has 1 aromatic carbocycles. The molecular formula is C16H19NO4. The largest absolute Gasteiger partial charge is 0.492 e. The predicted octanol–water partition coefficient (Wildman–Crippen LogP) is 2.58. The lowest BCUT2D eigenvalue weighted by molar-refractivity contribution is 0.0561. The Morgan fingerprint density at radius 3 is 2.67 bits per heavy atom. The summed E-state index contributed by atoms with van der Waals surface area (Å²) in [5.41, 5.74) is 0. The van der Waals surface area contributed by atoms with Crippen LogP contribution in [0.25, 0.3) is 0 Å². The monoisotopic (exact) mass is 289 g/mol. The Morgan fingerprint density at radius 2 is 1.95 bits per heavy atom. The van der Waals surface area contributed by atoms with Crippen LogP contribution in [0.5, 0.6) is 5.75 Å². The van der Waals surface area contributed by atoms with E-state index in [0.717, 1.165) is 18.1 Å². The van der Waals surface area contributed by atoms with Gasteiger partial charge >= 0.3 is 5.97 Å². The highest BCUT2D eigenvalue weighted by atomic mass is 16.5. The molecule has 1 heterocycles. The van der Waals surface area contributed by atoms with E-state index in [1.54, 1.807) is 12.1 Å². The molecule has 21 heavy (non-hydrogen) atoms. The second-order valence-corrected chi connectivity index (χ2v) is 4.66. The minimum absolute atomic E-state index is 0.224. The number of esters is 1. The maximum atomic E-state index is 11.3. The topological polar surface area (TPSA) is 51.9 Å². The van der Waals surface area contributed by atoms with Gasteiger partial charge in [0.05, 0.1) is 13.7 Å². The van der Waals surface area contributed by atoms with E-state index in [2.05, 4.69) is 9.64 Å². The van der Waals surface area contributed by atoms with Gasteiger partial charge in [-0.25, -0.2) is 4.79 Å². The molecule has 0 fully saturated rings. The molecule has 5 nitrogen and oxygen atoms in total. The zero-order valence-electron chi connectivity index (χ0n) is 12.2. The Hall–Kier alpha value is -2.27. The SMILES string of the molecule is COC(=O)c1ccc(CN(C)CCOc2ccccc2)o1. The number of benzene rings is 1. The average molecular weight is 289 g/mol. The van der Waals surface area contributed by atoms with E-state index in [9.17, 15) is 4.79 Å². The first-order valence-electron chi connectivity index (χ1n) is 6.72. The van der Waals surface area contributed by atoms with Gasteiger partial charge in [-0.2, -0.15) is 0 Å². The molecule has 2 aromatic rings. The summed E-state index contributed by atoms with van der Waals surface area (Å²) in [5.74, 6) is 1.34. The summed E-state index contributed by atoms with van der Waals surface area (Å²) in [6, 6.07) is 13.1. The number of ether oxygens (including phenoxy) is 2. The zero-order valence-corrected chi connectivity index (χ0v) is 12.2. The number of furan rings is 1. The van der Waals surface area contributed by atoms with E-state index in [0.29, 0.717) is 13.2 Å². The fourth-order valence-electron chi connectivity index (χ4n) is 1.85. The van der Waals surface area contributed by atoms with Gasteiger partial charge in [-0.05, 0) is 31.3 Å². The number of likely N-dealkylation sites (N-methyl/N-ethyl adjacent to an activating group) is 1. The lowest BCUT2D eigenvalue weighted by Gasteiger charge is -2.15. The van der Waals surface area contributed by atoms with Gasteiger partial charge in [0.1, 0.15) is 18.1 Å². The summed E-state index contributed by atoms with van der Waals surface area (Å²) in [5, 5.41) is 0. The minimum Gasteiger partial charge on any atom is -0.492 e. The molecule has 112 valence electrons. The van der Waals surface area contributed by atoms with Gasteiger partial charge in [0.15, 0.2) is 0 Å². The van der Waals surface area contributed by atoms with Crippen molar-refractivity contribution in [3.05, 3.63) is 54.0 Å². The van der Waals surface area contributed by atoms with E-state index >= 15 is 0 Å². The van der Waals surface area contributed by atoms with Crippen LogP contribution in [0.1, 0.15) is 16.3 Å². The van der Waals surface area contributed by atoms with Gasteiger partial charge in [-0.15, -0.1) is 0 Å². The fraction of sp³-hybridized carbons (Fsp3) is 0.312. The van der Waals surface area contributed by atoms with Crippen LogP contribution in [0.3, 0.4) is 0 Å². The van der Waals surface area contributed by atoms with Crippen LogP contribution < -0.4 is 4.74 Å². The number of rotatable bonds is 7. The molecule has 0 aliphatic rings. The number of carbonyl (C=O) groups excluding carboxylic acids is 1. The lowest BCUT2D eigenvalue weighted by atomic mass is 10.3. The number of carbonyl (C=O) groups is 1. The van der Waals surface area contributed by atoms with Gasteiger partial charge in [0.25, 0.3) is 0 Å². The second kappa shape index (κ2) is 7.50. The summed E-state index contributed by atoms with van der Waals surface area (Å²) in [4.78, 5) is 13.4. The van der Waals surface area contributed by atoms with Crippen molar-refractivity contribution < 1.29 is 18.7 Å². The Balaban J connectivity index is 1.75. The number of hydrogen-bond acceptors (Lipinski definition) is 5. The van der Waals surface area contributed by atoms with Crippen LogP contribution in [0.4, 0.5) is 0 Å². The summed E-state index contributed by atoms with van der Waals surface area (Å²) >= 11 is 0. The Labute approximate surface area is 124 Å². The van der Waals surface area contributed by atoms with Crippen LogP contribution in [0.15, 0.2) is 46.9 Å². The van der Waals surface area contributed by atoms with Crippen molar-refractivity contribution in [2.45, 2.75) is 6.54 Å². The maximum Gasteiger partial charge on any atom is 0.373 e. The van der Waals surface area contributed by atoms with Crippen molar-refractivity contribution in [1.29, 1.82) is 0 Å². The maximum absolute atomic E-state index is 11.3. The van der Waals surface area contributed by atoms with Crippen molar-refractivity contribution in [2.24, 2.45) is 0 Å². The normalized spacial score (nSPS) is 10.6. The first kappa shape index (κ1) is 15.1. The third-order valence-electron chi connectivity index (χ3n) is 2.96. The zero-order chi connectivity index (χ0) is 15.1. The summed E-state index contributed by atoms with van der Waals surface area (Å²) in [6.07, 6.45) is 0. The molecule has 0 bridgehead atoms. The van der Waals surface area contributed by atoms with Crippen LogP contribution in [0.2, 0.25) is 0 Å². The molecule has 1 aromatic heterocycles. The predicted molar refractivity (Wildman–Crippen MR) is 78.3 cm³/mol. The number of methoxy groups -OCH3 is 1. The highest BCUT2D eigenvalue weighted by Gasteiger charge is 2.12. The molecule has 5 heteroatoms. The molecule has 0 amide bonds. The van der Waals surface area contributed by atoms with Gasteiger partial charge in [-0.1, -0.05) is 18.2 Å². The highest BCUT2D eigenvalue weighted by molar-refractivity contribution is 5.86. The van der Waals surface area contributed by atoms with Crippen molar-refractivity contribution in [1.82, 2.24) is 4.90 Å². The molecule has 2 rings (SSSR count). The minimum atomic E-state index is -0.462. The smallest absolute Gasteiger partial charge is 0.373 e. The first-order chi connectivity index (χ1) is 10.2. The summed E-state index contributed by atoms with van der Waals surface area (Å²) in [6.45, 7) is 1.95. The molecule has 0 N–H and O–H groups in total. The quantitative estimate of drug-likeness (QED) is 0.733. The van der Waals surface area contributed by atoms with E-state index < -0.39 is 5.97 Å². The molecule has 0 atom stereocenters. The standard InChI is InChI=1S/C16H19NO4/c1-17(10-11-20-13-6-4-3-5-7-13)12-14-8-9-15(21-14)16(18)19-2/h3-9H,10-12H2,1-2H3. The van der Waals surface area contributed by atoms with Gasteiger partial charge < -0.3 is 13.9 Å². The average Bonchev–Trinajstić information content (AvgIpc) is 2.96. The Bertz CT molecular complexity index is 565. The van der Waals surface area contributed by atoms with Gasteiger partial charge in [0, 0.05) is 6.54 Å². The van der Waals surface area contributed by atoms with Gasteiger partial charge in [0.2, 0.25) is 5.76 Å². The molecule has 0 saturated carbocycles. The van der Waals surface area contributed by atoms with E-state index in [1.807, 2.05) is 37.4 Å². The highest BCUT2D eigenvalue weighted by Crippen LogP contribution is 2.11. The van der Waals surface area contributed by atoms with Crippen molar-refractivity contribution in [3.63, 3.8) is 0 Å². The van der Waals surface area contributed by atoms with Crippen LogP contribution in [-0.4, -0.2) is 38.2 Å². The Morgan fingerprint density at radius 1 is 1.19 bits per heavy atom. The number of hydrogen-bond donors (Lipinski definition) is 0. The number of para-hydroxylation sites is 1. The van der Waals surface area contributed by atoms with Crippen LogP contribution >= 0.6 is 0 Å². The Kier molecular flexibility index (Phi) is 5.40. The van der Waals surface area contributed by atoms with Crippen LogP contribution in [-0.2, 0) is 11.3 Å². The molecule has 0 aliphatic carbocycles. The summed E-state index contributed by atoms with van der Waals surface area (Å²) in [7, 11) is 3.30. The van der Waals surface area contributed by atoms with E-state index in [-0.39, 0.29) is 5.76 Å². The van der Waals surface area contributed by atoms with Crippen LogP contribution in [0, 0.1) is 0 Å². The molecule has 0 unspecified atom stereocenters. The second-order valence-electron chi connectivity index (χ2n) is 4.66. The third-order valence-corrected chi connectivity index (χ3v) is 2.96. The van der Waals surface area contributed by atoms with Crippen molar-refractivity contribution in [3.8, 4) is 5.75 Å². The molecule has 0 saturated heterocycles. The first-order valence-corrected chi connectivity index (χ1v) is 6.72. The number of nitrogens with zero attached hydrogens (tertiary/aromatic N) is 1. The van der Waals surface area contributed by atoms with Gasteiger partial charge in [-0.3, -0.25) is 4.90 Å².